The molecule has 1 aromatic rings. The number of fused-ring (bicyclic) bond motifs is 1. The number of hydrogen-bond acceptors (Lipinski definition) is 3. The van der Waals surface area contributed by atoms with Crippen molar-refractivity contribution in [1.82, 2.24) is 4.90 Å². The van der Waals surface area contributed by atoms with Crippen LogP contribution in [0.3, 0.4) is 0 Å². The molecule has 106 valence electrons. The van der Waals surface area contributed by atoms with Crippen LogP contribution in [0.15, 0.2) is 18.2 Å². The molecule has 0 atom stereocenters. The highest BCUT2D eigenvalue weighted by Crippen LogP contribution is 2.33. The fourth-order valence-corrected chi connectivity index (χ4v) is 2.43. The first-order chi connectivity index (χ1) is 8.85. The molecule has 6 heteroatoms. The van der Waals surface area contributed by atoms with Gasteiger partial charge in [0.1, 0.15) is 5.75 Å². The van der Waals surface area contributed by atoms with Gasteiger partial charge in [-0.1, -0.05) is 6.07 Å². The zero-order valence-electron chi connectivity index (χ0n) is 10.8. The van der Waals surface area contributed by atoms with Gasteiger partial charge in [0.05, 0.1) is 0 Å². The molecular formula is C13H16F3NOS. The molecule has 0 saturated heterocycles. The van der Waals surface area contributed by atoms with Crippen molar-refractivity contribution in [2.75, 3.05) is 6.54 Å². The van der Waals surface area contributed by atoms with Crippen LogP contribution in [0.1, 0.15) is 25.0 Å². The molecule has 1 heterocycles. The summed E-state index contributed by atoms with van der Waals surface area (Å²) in [5, 5.41) is 0. The largest absolute Gasteiger partial charge is 0.479 e. The van der Waals surface area contributed by atoms with Crippen LogP contribution in [0.4, 0.5) is 13.2 Å². The van der Waals surface area contributed by atoms with Crippen molar-refractivity contribution >= 4 is 12.0 Å². The molecule has 0 amide bonds. The maximum absolute atomic E-state index is 12.1. The molecule has 0 unspecified atom stereocenters. The quantitative estimate of drug-likeness (QED) is 0.781. The summed E-state index contributed by atoms with van der Waals surface area (Å²) < 4.78 is 40.8. The van der Waals surface area contributed by atoms with E-state index in [1.54, 1.807) is 12.1 Å². The van der Waals surface area contributed by atoms with E-state index in [2.05, 4.69) is 22.9 Å². The second-order valence-corrected chi connectivity index (χ2v) is 5.65. The molecule has 0 fully saturated rings. The maximum atomic E-state index is 12.1. The van der Waals surface area contributed by atoms with Gasteiger partial charge in [-0.3, -0.25) is 4.90 Å². The molecule has 0 saturated carbocycles. The summed E-state index contributed by atoms with van der Waals surface area (Å²) in [6.07, 6.45) is 0.849. The van der Waals surface area contributed by atoms with Gasteiger partial charge in [-0.15, -0.1) is 0 Å². The van der Waals surface area contributed by atoms with E-state index in [1.165, 1.54) is 5.56 Å². The summed E-state index contributed by atoms with van der Waals surface area (Å²) in [5.74, 6) is 0.263. The maximum Gasteiger partial charge on any atom is 0.479 e. The lowest BCUT2D eigenvalue weighted by molar-refractivity contribution is -0.0369. The van der Waals surface area contributed by atoms with Crippen molar-refractivity contribution in [3.05, 3.63) is 29.3 Å². The summed E-state index contributed by atoms with van der Waals surface area (Å²) in [4.78, 5) is 2.34. The van der Waals surface area contributed by atoms with E-state index in [-0.39, 0.29) is 5.75 Å². The second kappa shape index (κ2) is 5.63. The van der Waals surface area contributed by atoms with Gasteiger partial charge in [0, 0.05) is 19.1 Å². The van der Waals surface area contributed by atoms with Crippen LogP contribution in [-0.2, 0) is 13.0 Å². The molecule has 1 aliphatic heterocycles. The van der Waals surface area contributed by atoms with Crippen molar-refractivity contribution in [3.8, 4) is 5.75 Å². The van der Waals surface area contributed by atoms with Gasteiger partial charge >= 0.3 is 5.51 Å². The Kier molecular flexibility index (Phi) is 4.30. The SMILES string of the molecule is CC(C)N1CCc2cc(OSC(F)(F)F)ccc2C1. The van der Waals surface area contributed by atoms with Crippen molar-refractivity contribution < 1.29 is 17.4 Å². The lowest BCUT2D eigenvalue weighted by Gasteiger charge is -2.32. The third-order valence-corrected chi connectivity index (χ3v) is 3.65. The monoisotopic (exact) mass is 291 g/mol. The summed E-state index contributed by atoms with van der Waals surface area (Å²) in [7, 11) is 0. The highest BCUT2D eigenvalue weighted by molar-refractivity contribution is 7.95. The minimum Gasteiger partial charge on any atom is -0.417 e. The highest BCUT2D eigenvalue weighted by atomic mass is 32.2. The number of alkyl halides is 3. The van der Waals surface area contributed by atoms with E-state index in [9.17, 15) is 13.2 Å². The average molecular weight is 291 g/mol. The Morgan fingerprint density at radius 2 is 2.00 bits per heavy atom. The van der Waals surface area contributed by atoms with Gasteiger partial charge in [0.15, 0.2) is 12.0 Å². The molecular weight excluding hydrogens is 275 g/mol. The Hall–Kier alpha value is -0.880. The van der Waals surface area contributed by atoms with Crippen molar-refractivity contribution in [1.29, 1.82) is 0 Å². The van der Waals surface area contributed by atoms with Crippen LogP contribution in [-0.4, -0.2) is 23.0 Å². The first-order valence-corrected chi connectivity index (χ1v) is 6.87. The molecule has 1 aromatic carbocycles. The Morgan fingerprint density at radius 1 is 1.26 bits per heavy atom. The lowest BCUT2D eigenvalue weighted by Crippen LogP contribution is -2.35. The van der Waals surface area contributed by atoms with E-state index in [4.69, 9.17) is 0 Å². The topological polar surface area (TPSA) is 12.5 Å². The van der Waals surface area contributed by atoms with Crippen LogP contribution in [0.25, 0.3) is 0 Å². The summed E-state index contributed by atoms with van der Waals surface area (Å²) in [6, 6.07) is 5.65. The molecule has 1 aliphatic rings. The fourth-order valence-electron chi connectivity index (χ4n) is 2.14. The third kappa shape index (κ3) is 4.04. The van der Waals surface area contributed by atoms with Crippen LogP contribution in [0.2, 0.25) is 0 Å². The van der Waals surface area contributed by atoms with Gasteiger partial charge in [-0.25, -0.2) is 0 Å². The van der Waals surface area contributed by atoms with Crippen LogP contribution in [0.5, 0.6) is 5.75 Å². The third-order valence-electron chi connectivity index (χ3n) is 3.18. The fraction of sp³-hybridized carbons (Fsp3) is 0.538. The first kappa shape index (κ1) is 14.5. The minimum atomic E-state index is -4.37. The summed E-state index contributed by atoms with van der Waals surface area (Å²) in [5.41, 5.74) is -2.12. The summed E-state index contributed by atoms with van der Waals surface area (Å²) >= 11 is -0.468. The van der Waals surface area contributed by atoms with E-state index >= 15 is 0 Å². The molecule has 2 rings (SSSR count). The van der Waals surface area contributed by atoms with E-state index in [0.29, 0.717) is 6.04 Å². The van der Waals surface area contributed by atoms with E-state index < -0.39 is 17.6 Å². The minimum absolute atomic E-state index is 0.263. The van der Waals surface area contributed by atoms with Crippen molar-refractivity contribution in [2.45, 2.75) is 38.4 Å². The molecule has 0 N–H and O–H groups in total. The average Bonchev–Trinajstić information content (AvgIpc) is 2.34. The first-order valence-electron chi connectivity index (χ1n) is 6.13. The predicted octanol–water partition coefficient (Wildman–Crippen LogP) is 4.00. The molecule has 0 aliphatic carbocycles. The molecule has 0 bridgehead atoms. The van der Waals surface area contributed by atoms with Gasteiger partial charge in [0.2, 0.25) is 0 Å². The number of halogens is 3. The summed E-state index contributed by atoms with van der Waals surface area (Å²) in [6.45, 7) is 6.06. The van der Waals surface area contributed by atoms with E-state index in [0.717, 1.165) is 25.1 Å². The predicted molar refractivity (Wildman–Crippen MR) is 70.0 cm³/mol. The van der Waals surface area contributed by atoms with Crippen LogP contribution >= 0.6 is 12.0 Å². The van der Waals surface area contributed by atoms with Crippen molar-refractivity contribution in [3.63, 3.8) is 0 Å². The number of rotatable bonds is 3. The van der Waals surface area contributed by atoms with Gasteiger partial charge in [-0.2, -0.15) is 13.2 Å². The van der Waals surface area contributed by atoms with Gasteiger partial charge in [-0.05, 0) is 43.5 Å². The van der Waals surface area contributed by atoms with Crippen LogP contribution < -0.4 is 4.18 Å². The Bertz CT molecular complexity index is 448. The zero-order chi connectivity index (χ0) is 14.0. The lowest BCUT2D eigenvalue weighted by atomic mass is 9.98. The Balaban J connectivity index is 2.05. The van der Waals surface area contributed by atoms with Gasteiger partial charge in [0.25, 0.3) is 0 Å². The zero-order valence-corrected chi connectivity index (χ0v) is 11.6. The van der Waals surface area contributed by atoms with Crippen LogP contribution in [0, 0.1) is 0 Å². The normalized spacial score (nSPS) is 16.5. The smallest absolute Gasteiger partial charge is 0.417 e. The molecule has 19 heavy (non-hydrogen) atoms. The highest BCUT2D eigenvalue weighted by Gasteiger charge is 2.31. The molecule has 0 aromatic heterocycles. The molecule has 2 nitrogen and oxygen atoms in total. The van der Waals surface area contributed by atoms with E-state index in [1.807, 2.05) is 6.07 Å². The second-order valence-electron chi connectivity index (χ2n) is 4.86. The standard InChI is InChI=1S/C13H16F3NOS/c1-9(2)17-6-5-10-7-12(4-3-11(10)8-17)18-19-13(14,15)16/h3-4,7,9H,5-6,8H2,1-2H3. The number of hydrogen-bond donors (Lipinski definition) is 0. The van der Waals surface area contributed by atoms with Gasteiger partial charge < -0.3 is 4.18 Å². The Morgan fingerprint density at radius 3 is 2.63 bits per heavy atom. The number of nitrogens with zero attached hydrogens (tertiary/aromatic N) is 1. The number of benzene rings is 1. The van der Waals surface area contributed by atoms with Crippen molar-refractivity contribution in [2.24, 2.45) is 0 Å². The molecule has 0 spiro atoms. The molecule has 0 radical (unpaired) electrons. The Labute approximate surface area is 115 Å².